The second-order valence-corrected chi connectivity index (χ2v) is 24.0. The molecule has 0 amide bonds. The van der Waals surface area contributed by atoms with Crippen molar-refractivity contribution < 1.29 is 0 Å². The molecule has 5 heterocycles. The number of hydrogen-bond acceptors (Lipinski definition) is 3. The lowest BCUT2D eigenvalue weighted by Crippen LogP contribution is -2.17. The van der Waals surface area contributed by atoms with Crippen LogP contribution in [0.5, 0.6) is 0 Å². The van der Waals surface area contributed by atoms with Crippen LogP contribution in [0.4, 0.5) is 0 Å². The minimum atomic E-state index is 0.487. The predicted molar refractivity (Wildman–Crippen MR) is 358 cm³/mol. The van der Waals surface area contributed by atoms with E-state index in [0.717, 1.165) is 171 Å². The quantitative estimate of drug-likeness (QED) is 0.160. The highest BCUT2D eigenvalue weighted by Gasteiger charge is 2.36. The third kappa shape index (κ3) is 7.66. The number of aryl methyl sites for hydroxylation is 8. The van der Waals surface area contributed by atoms with E-state index in [1.165, 1.54) is 0 Å². The predicted octanol–water partition coefficient (Wildman–Crippen LogP) is 20.2. The van der Waals surface area contributed by atoms with Crippen LogP contribution < -0.4 is 0 Å². The lowest BCUT2D eigenvalue weighted by molar-refractivity contribution is 1.02. The second kappa shape index (κ2) is 19.1. The highest BCUT2D eigenvalue weighted by atomic mass is 15.1. The number of benzene rings is 11. The van der Waals surface area contributed by atoms with Gasteiger partial charge in [0.05, 0.1) is 83.8 Å². The van der Waals surface area contributed by atoms with Gasteiger partial charge in [-0.2, -0.15) is 5.26 Å². The Morgan fingerprint density at radius 3 is 0.884 bits per heavy atom. The molecule has 16 aromatic rings. The van der Waals surface area contributed by atoms with E-state index in [1.54, 1.807) is 0 Å². The second-order valence-electron chi connectivity index (χ2n) is 24.0. The summed E-state index contributed by atoms with van der Waals surface area (Å²) in [5.74, 6) is 0.570. The van der Waals surface area contributed by atoms with Crippen molar-refractivity contribution in [1.82, 2.24) is 28.2 Å². The number of fused-ring (bicyclic) bond motifs is 12. The van der Waals surface area contributed by atoms with Crippen molar-refractivity contribution in [2.75, 3.05) is 0 Å². The Bertz CT molecular complexity index is 5330. The standard InChI is InChI=1S/C79H59N7/c1-45-19-27-66-55(35-45)56-36-46(2)20-28-67(56)83(66)75-63(44-80)76(84-68-29-21-47(3)37-57(68)58-38-48(4)22-30-69(58)84)78(86-72-33-25-51(7)41-61(72)62-42-52(8)26-34-73(62)86)77(85-70-31-23-49(5)39-59(70)60-40-50(6)24-32-71(60)85)74(75)65-43-64(53-15-11-9-12-16-53)81-79(82-65)54-17-13-10-14-18-54/h9-43H,1-8H3. The third-order valence-corrected chi connectivity index (χ3v) is 17.8. The highest BCUT2D eigenvalue weighted by Crippen LogP contribution is 2.52. The summed E-state index contributed by atoms with van der Waals surface area (Å²) >= 11 is 0. The Balaban J connectivity index is 1.28. The van der Waals surface area contributed by atoms with Gasteiger partial charge in [0.2, 0.25) is 0 Å². The molecule has 0 N–H and O–H groups in total. The molecule has 0 aliphatic carbocycles. The van der Waals surface area contributed by atoms with E-state index < -0.39 is 0 Å². The fourth-order valence-electron chi connectivity index (χ4n) is 13.9. The Kier molecular flexibility index (Phi) is 11.3. The van der Waals surface area contributed by atoms with Crippen LogP contribution in [0.2, 0.25) is 0 Å². The van der Waals surface area contributed by atoms with Crippen LogP contribution in [0.25, 0.3) is 144 Å². The molecule has 0 atom stereocenters. The smallest absolute Gasteiger partial charge is 0.160 e. The molecule has 16 rings (SSSR count). The summed E-state index contributed by atoms with van der Waals surface area (Å²) in [4.78, 5) is 11.4. The lowest BCUT2D eigenvalue weighted by atomic mass is 9.94. The van der Waals surface area contributed by atoms with Crippen LogP contribution >= 0.6 is 0 Å². The first kappa shape index (κ1) is 50.9. The summed E-state index contributed by atoms with van der Waals surface area (Å²) in [7, 11) is 0. The van der Waals surface area contributed by atoms with Crippen LogP contribution in [0.3, 0.4) is 0 Å². The molecule has 0 unspecified atom stereocenters. The summed E-state index contributed by atoms with van der Waals surface area (Å²) in [5.41, 5.74) is 24.9. The maximum absolute atomic E-state index is 13.2. The molecule has 0 aliphatic rings. The Labute approximate surface area is 498 Å². The van der Waals surface area contributed by atoms with E-state index in [1.807, 2.05) is 12.1 Å². The van der Waals surface area contributed by atoms with E-state index in [4.69, 9.17) is 9.97 Å². The maximum Gasteiger partial charge on any atom is 0.160 e. The molecule has 86 heavy (non-hydrogen) atoms. The summed E-state index contributed by atoms with van der Waals surface area (Å²) in [5, 5.41) is 22.1. The van der Waals surface area contributed by atoms with Crippen molar-refractivity contribution >= 4 is 87.2 Å². The van der Waals surface area contributed by atoms with Gasteiger partial charge >= 0.3 is 0 Å². The molecule has 0 aliphatic heterocycles. The van der Waals surface area contributed by atoms with Gasteiger partial charge in [-0.1, -0.05) is 154 Å². The lowest BCUT2D eigenvalue weighted by Gasteiger charge is -2.29. The summed E-state index contributed by atoms with van der Waals surface area (Å²) < 4.78 is 9.81. The molecule has 0 saturated carbocycles. The van der Waals surface area contributed by atoms with Gasteiger partial charge in [0.25, 0.3) is 0 Å². The molecule has 7 nitrogen and oxygen atoms in total. The zero-order chi connectivity index (χ0) is 58.4. The Morgan fingerprint density at radius 2 is 0.558 bits per heavy atom. The Hall–Kier alpha value is -10.8. The average Bonchev–Trinajstić information content (AvgIpc) is 1.43. The molecular formula is C79H59N7. The van der Waals surface area contributed by atoms with Crippen LogP contribution in [-0.4, -0.2) is 28.2 Å². The van der Waals surface area contributed by atoms with Crippen LogP contribution in [0.1, 0.15) is 50.1 Å². The zero-order valence-electron chi connectivity index (χ0n) is 49.3. The normalized spacial score (nSPS) is 11.9. The zero-order valence-corrected chi connectivity index (χ0v) is 49.3. The Morgan fingerprint density at radius 1 is 0.279 bits per heavy atom. The van der Waals surface area contributed by atoms with Crippen molar-refractivity contribution in [3.63, 3.8) is 0 Å². The minimum Gasteiger partial charge on any atom is -0.307 e. The first-order valence-electron chi connectivity index (χ1n) is 29.6. The van der Waals surface area contributed by atoms with Gasteiger partial charge in [0.15, 0.2) is 5.82 Å². The van der Waals surface area contributed by atoms with Gasteiger partial charge in [-0.25, -0.2) is 9.97 Å². The fourth-order valence-corrected chi connectivity index (χ4v) is 13.9. The van der Waals surface area contributed by atoms with E-state index in [2.05, 4.69) is 280 Å². The van der Waals surface area contributed by atoms with E-state index >= 15 is 0 Å². The van der Waals surface area contributed by atoms with E-state index in [9.17, 15) is 5.26 Å². The molecule has 7 heteroatoms. The van der Waals surface area contributed by atoms with Crippen LogP contribution in [-0.2, 0) is 0 Å². The first-order chi connectivity index (χ1) is 41.9. The van der Waals surface area contributed by atoms with Gasteiger partial charge in [0.1, 0.15) is 11.6 Å². The summed E-state index contributed by atoms with van der Waals surface area (Å²) in [6, 6.07) is 80.6. The van der Waals surface area contributed by atoms with Gasteiger partial charge in [-0.3, -0.25) is 0 Å². The fraction of sp³-hybridized carbons (Fsp3) is 0.101. The van der Waals surface area contributed by atoms with E-state index in [0.29, 0.717) is 22.8 Å². The molecule has 5 aromatic heterocycles. The first-order valence-corrected chi connectivity index (χ1v) is 29.6. The monoisotopic (exact) mass is 1110 g/mol. The number of nitriles is 1. The van der Waals surface area contributed by atoms with Gasteiger partial charge < -0.3 is 18.3 Å². The minimum absolute atomic E-state index is 0.487. The largest absolute Gasteiger partial charge is 0.307 e. The molecular weight excluding hydrogens is 1050 g/mol. The van der Waals surface area contributed by atoms with Gasteiger partial charge in [-0.05, 0) is 159 Å². The highest BCUT2D eigenvalue weighted by molar-refractivity contribution is 6.17. The molecule has 0 spiro atoms. The number of nitrogens with zero attached hydrogens (tertiary/aromatic N) is 7. The molecule has 0 radical (unpaired) electrons. The third-order valence-electron chi connectivity index (χ3n) is 17.8. The van der Waals surface area contributed by atoms with Crippen LogP contribution in [0.15, 0.2) is 212 Å². The number of rotatable bonds is 7. The van der Waals surface area contributed by atoms with Crippen molar-refractivity contribution in [3.05, 3.63) is 262 Å². The van der Waals surface area contributed by atoms with Gasteiger partial charge in [0, 0.05) is 54.2 Å². The number of aromatic nitrogens is 6. The SMILES string of the molecule is Cc1ccc2c(c1)c1cc(C)ccc1n2-c1c(C#N)c(-n2c3ccc(C)cc3c3cc(C)ccc32)c(-n2c3ccc(C)cc3c3cc(C)ccc32)c(-n2c3ccc(C)cc3c3cc(C)ccc32)c1-c1cc(-c2ccccc2)nc(-c2ccccc2)n1. The van der Waals surface area contributed by atoms with Crippen molar-refractivity contribution in [2.24, 2.45) is 0 Å². The number of hydrogen-bond donors (Lipinski definition) is 0. The summed E-state index contributed by atoms with van der Waals surface area (Å²) in [6.45, 7) is 17.4. The average molecular weight is 1110 g/mol. The molecule has 410 valence electrons. The molecule has 11 aromatic carbocycles. The van der Waals surface area contributed by atoms with Crippen molar-refractivity contribution in [1.29, 1.82) is 5.26 Å². The topological polar surface area (TPSA) is 69.3 Å². The molecule has 0 bridgehead atoms. The molecule has 0 saturated heterocycles. The van der Waals surface area contributed by atoms with Crippen LogP contribution in [0, 0.1) is 66.7 Å². The summed E-state index contributed by atoms with van der Waals surface area (Å²) in [6.07, 6.45) is 0. The van der Waals surface area contributed by atoms with Crippen molar-refractivity contribution in [3.8, 4) is 62.7 Å². The molecule has 0 fully saturated rings. The van der Waals surface area contributed by atoms with E-state index in [-0.39, 0.29) is 0 Å². The van der Waals surface area contributed by atoms with Gasteiger partial charge in [-0.15, -0.1) is 0 Å². The van der Waals surface area contributed by atoms with Crippen molar-refractivity contribution in [2.45, 2.75) is 55.4 Å². The maximum atomic E-state index is 13.2.